The molecular formula is C17H26N4O3. The zero-order valence-corrected chi connectivity index (χ0v) is 14.6. The largest absolute Gasteiger partial charge is 0.423 e. The van der Waals surface area contributed by atoms with Gasteiger partial charge in [0.15, 0.2) is 5.58 Å². The Morgan fingerprint density at radius 3 is 2.71 bits per heavy atom. The van der Waals surface area contributed by atoms with E-state index in [9.17, 15) is 4.79 Å². The predicted octanol–water partition coefficient (Wildman–Crippen LogP) is 2.91. The molecule has 0 saturated heterocycles. The van der Waals surface area contributed by atoms with Gasteiger partial charge >= 0.3 is 6.03 Å². The van der Waals surface area contributed by atoms with Crippen molar-refractivity contribution in [1.82, 2.24) is 9.88 Å². The Morgan fingerprint density at radius 1 is 1.29 bits per heavy atom. The van der Waals surface area contributed by atoms with Crippen LogP contribution < -0.4 is 10.2 Å². The Morgan fingerprint density at radius 2 is 2.04 bits per heavy atom. The van der Waals surface area contributed by atoms with Gasteiger partial charge in [0, 0.05) is 39.5 Å². The van der Waals surface area contributed by atoms with Crippen molar-refractivity contribution in [1.29, 1.82) is 0 Å². The van der Waals surface area contributed by atoms with Gasteiger partial charge in [-0.1, -0.05) is 13.3 Å². The van der Waals surface area contributed by atoms with E-state index in [1.807, 2.05) is 14.1 Å². The summed E-state index contributed by atoms with van der Waals surface area (Å²) in [4.78, 5) is 20.4. The van der Waals surface area contributed by atoms with Gasteiger partial charge in [-0.15, -0.1) is 0 Å². The van der Waals surface area contributed by atoms with E-state index in [0.29, 0.717) is 42.3 Å². The average Bonchev–Trinajstić information content (AvgIpc) is 2.98. The van der Waals surface area contributed by atoms with E-state index in [-0.39, 0.29) is 12.6 Å². The number of carbonyl (C=O) groups is 1. The van der Waals surface area contributed by atoms with Crippen LogP contribution in [-0.2, 0) is 0 Å². The van der Waals surface area contributed by atoms with E-state index in [1.165, 1.54) is 0 Å². The van der Waals surface area contributed by atoms with Crippen molar-refractivity contribution in [2.75, 3.05) is 44.0 Å². The molecule has 1 aromatic heterocycles. The summed E-state index contributed by atoms with van der Waals surface area (Å²) in [6, 6.07) is 5.77. The quantitative estimate of drug-likeness (QED) is 0.776. The molecule has 24 heavy (non-hydrogen) atoms. The smallest absolute Gasteiger partial charge is 0.321 e. The molecular weight excluding hydrogens is 308 g/mol. The number of benzene rings is 1. The fraction of sp³-hybridized carbons (Fsp3) is 0.529. The number of nitrogens with zero attached hydrogens (tertiary/aromatic N) is 3. The molecule has 0 atom stereocenters. The van der Waals surface area contributed by atoms with Crippen molar-refractivity contribution in [3.05, 3.63) is 18.2 Å². The van der Waals surface area contributed by atoms with E-state index >= 15 is 0 Å². The fourth-order valence-electron chi connectivity index (χ4n) is 2.31. The molecule has 1 heterocycles. The van der Waals surface area contributed by atoms with Crippen LogP contribution in [0.25, 0.3) is 11.1 Å². The standard InChI is InChI=1S/C17H26N4O3/c1-4-5-9-21(10-6-11-22)16(23)18-13-7-8-15-14(12-13)19-17(24-15)20(2)3/h7-8,12,22H,4-6,9-11H2,1-3H3,(H,18,23). The van der Waals surface area contributed by atoms with Gasteiger partial charge in [-0.2, -0.15) is 4.98 Å². The van der Waals surface area contributed by atoms with Crippen LogP contribution in [0.5, 0.6) is 0 Å². The Balaban J connectivity index is 2.09. The lowest BCUT2D eigenvalue weighted by Crippen LogP contribution is -2.36. The normalized spacial score (nSPS) is 10.8. The summed E-state index contributed by atoms with van der Waals surface area (Å²) in [6.07, 6.45) is 2.53. The lowest BCUT2D eigenvalue weighted by atomic mass is 10.3. The molecule has 0 spiro atoms. The zero-order valence-electron chi connectivity index (χ0n) is 14.6. The number of aromatic nitrogens is 1. The lowest BCUT2D eigenvalue weighted by molar-refractivity contribution is 0.201. The summed E-state index contributed by atoms with van der Waals surface area (Å²) in [5.41, 5.74) is 2.06. The molecule has 2 rings (SSSR count). The molecule has 0 radical (unpaired) electrons. The van der Waals surface area contributed by atoms with Crippen molar-refractivity contribution in [3.8, 4) is 0 Å². The van der Waals surface area contributed by atoms with Crippen LogP contribution in [0.4, 0.5) is 16.5 Å². The number of urea groups is 1. The first-order valence-electron chi connectivity index (χ1n) is 8.30. The summed E-state index contributed by atoms with van der Waals surface area (Å²) in [5.74, 6) is 0. The third-order valence-corrected chi connectivity index (χ3v) is 3.67. The number of hydrogen-bond acceptors (Lipinski definition) is 5. The number of amides is 2. The van der Waals surface area contributed by atoms with Crippen molar-refractivity contribution in [2.24, 2.45) is 0 Å². The van der Waals surface area contributed by atoms with Gasteiger partial charge in [0.25, 0.3) is 6.01 Å². The maximum Gasteiger partial charge on any atom is 0.321 e. The van der Waals surface area contributed by atoms with Crippen LogP contribution in [0.15, 0.2) is 22.6 Å². The highest BCUT2D eigenvalue weighted by Crippen LogP contribution is 2.23. The first-order chi connectivity index (χ1) is 11.5. The number of aliphatic hydroxyl groups excluding tert-OH is 1. The summed E-state index contributed by atoms with van der Waals surface area (Å²) in [5, 5.41) is 11.9. The zero-order chi connectivity index (χ0) is 17.5. The molecule has 2 aromatic rings. The molecule has 132 valence electrons. The molecule has 0 saturated carbocycles. The number of fused-ring (bicyclic) bond motifs is 1. The number of aliphatic hydroxyl groups is 1. The average molecular weight is 334 g/mol. The third kappa shape index (κ3) is 4.61. The van der Waals surface area contributed by atoms with Crippen molar-refractivity contribution >= 4 is 28.8 Å². The van der Waals surface area contributed by atoms with Gasteiger partial charge in [0.1, 0.15) is 5.52 Å². The summed E-state index contributed by atoms with van der Waals surface area (Å²) >= 11 is 0. The number of oxazole rings is 1. The van der Waals surface area contributed by atoms with Crippen molar-refractivity contribution in [3.63, 3.8) is 0 Å². The number of nitrogens with one attached hydrogen (secondary N) is 1. The monoisotopic (exact) mass is 334 g/mol. The molecule has 7 heteroatoms. The van der Waals surface area contributed by atoms with Crippen LogP contribution in [0.2, 0.25) is 0 Å². The highest BCUT2D eigenvalue weighted by molar-refractivity contribution is 5.91. The Bertz CT molecular complexity index is 661. The third-order valence-electron chi connectivity index (χ3n) is 3.67. The molecule has 0 aliphatic rings. The maximum absolute atomic E-state index is 12.5. The highest BCUT2D eigenvalue weighted by atomic mass is 16.4. The minimum Gasteiger partial charge on any atom is -0.423 e. The molecule has 1 aromatic carbocycles. The van der Waals surface area contributed by atoms with E-state index < -0.39 is 0 Å². The Kier molecular flexibility index (Phi) is 6.43. The Hall–Kier alpha value is -2.28. The number of rotatable bonds is 8. The second-order valence-corrected chi connectivity index (χ2v) is 5.92. The minimum atomic E-state index is -0.160. The van der Waals surface area contributed by atoms with Crippen molar-refractivity contribution < 1.29 is 14.3 Å². The second kappa shape index (κ2) is 8.54. The second-order valence-electron chi connectivity index (χ2n) is 5.92. The van der Waals surface area contributed by atoms with Gasteiger partial charge in [-0.25, -0.2) is 4.79 Å². The van der Waals surface area contributed by atoms with Gasteiger partial charge in [0.2, 0.25) is 0 Å². The van der Waals surface area contributed by atoms with Crippen LogP contribution in [0, 0.1) is 0 Å². The molecule has 2 N–H and O–H groups in total. The van der Waals surface area contributed by atoms with E-state index in [1.54, 1.807) is 28.0 Å². The number of anilines is 2. The SMILES string of the molecule is CCCCN(CCCO)C(=O)Nc1ccc2oc(N(C)C)nc2c1. The molecule has 0 fully saturated rings. The molecule has 0 bridgehead atoms. The molecule has 0 aliphatic heterocycles. The number of unbranched alkanes of at least 4 members (excludes halogenated alkanes) is 1. The summed E-state index contributed by atoms with van der Waals surface area (Å²) < 4.78 is 5.61. The minimum absolute atomic E-state index is 0.0775. The van der Waals surface area contributed by atoms with Gasteiger partial charge in [-0.05, 0) is 31.0 Å². The summed E-state index contributed by atoms with van der Waals surface area (Å²) in [7, 11) is 3.72. The molecule has 7 nitrogen and oxygen atoms in total. The van der Waals surface area contributed by atoms with Crippen LogP contribution in [0.3, 0.4) is 0 Å². The number of carbonyl (C=O) groups excluding carboxylic acids is 1. The lowest BCUT2D eigenvalue weighted by Gasteiger charge is -2.22. The highest BCUT2D eigenvalue weighted by Gasteiger charge is 2.14. The molecule has 0 unspecified atom stereocenters. The van der Waals surface area contributed by atoms with Gasteiger partial charge in [0.05, 0.1) is 0 Å². The molecule has 2 amide bonds. The van der Waals surface area contributed by atoms with Crippen molar-refractivity contribution in [2.45, 2.75) is 26.2 Å². The van der Waals surface area contributed by atoms with E-state index in [2.05, 4.69) is 17.2 Å². The predicted molar refractivity (Wildman–Crippen MR) is 95.5 cm³/mol. The summed E-state index contributed by atoms with van der Waals surface area (Å²) in [6.45, 7) is 3.38. The van der Waals surface area contributed by atoms with Gasteiger partial charge < -0.3 is 24.6 Å². The number of hydrogen-bond donors (Lipinski definition) is 2. The topological polar surface area (TPSA) is 81.8 Å². The van der Waals surface area contributed by atoms with Gasteiger partial charge in [-0.3, -0.25) is 0 Å². The Labute approximate surface area is 142 Å². The van der Waals surface area contributed by atoms with E-state index in [4.69, 9.17) is 9.52 Å². The maximum atomic E-state index is 12.5. The van der Waals surface area contributed by atoms with E-state index in [0.717, 1.165) is 12.8 Å². The first kappa shape index (κ1) is 18.1. The van der Waals surface area contributed by atoms with Crippen LogP contribution in [-0.4, -0.2) is 54.8 Å². The molecule has 0 aliphatic carbocycles. The fourth-order valence-corrected chi connectivity index (χ4v) is 2.31. The van der Waals surface area contributed by atoms with Crippen LogP contribution >= 0.6 is 0 Å². The first-order valence-corrected chi connectivity index (χ1v) is 8.30. The van der Waals surface area contributed by atoms with Crippen LogP contribution in [0.1, 0.15) is 26.2 Å².